The van der Waals surface area contributed by atoms with Gasteiger partial charge in [0.25, 0.3) is 0 Å². The van der Waals surface area contributed by atoms with E-state index in [1.807, 2.05) is 0 Å². The number of unbranched alkanes of at least 4 members (excludes halogenated alkanes) is 2. The van der Waals surface area contributed by atoms with Gasteiger partial charge in [0.05, 0.1) is 6.61 Å². The average Bonchev–Trinajstić information content (AvgIpc) is 2.47. The third kappa shape index (κ3) is 2.61. The molecule has 0 radical (unpaired) electrons. The maximum atomic E-state index is 11.9. The number of ketones is 1. The summed E-state index contributed by atoms with van der Waals surface area (Å²) >= 11 is 0. The van der Waals surface area contributed by atoms with Gasteiger partial charge in [0.2, 0.25) is 0 Å². The second-order valence-corrected chi connectivity index (χ2v) is 6.25. The van der Waals surface area contributed by atoms with Crippen LogP contribution < -0.4 is 4.74 Å². The van der Waals surface area contributed by atoms with Crippen LogP contribution in [-0.2, 0) is 11.2 Å². The Hall–Kier alpha value is -1.31. The first-order valence-electron chi connectivity index (χ1n) is 8.06. The molecule has 2 heteroatoms. The van der Waals surface area contributed by atoms with E-state index < -0.39 is 0 Å². The molecule has 1 aliphatic heterocycles. The predicted octanol–water partition coefficient (Wildman–Crippen LogP) is 4.26. The summed E-state index contributed by atoms with van der Waals surface area (Å²) in [7, 11) is 0. The van der Waals surface area contributed by atoms with E-state index in [2.05, 4.69) is 25.1 Å². The van der Waals surface area contributed by atoms with E-state index in [9.17, 15) is 4.79 Å². The normalized spacial score (nSPS) is 24.8. The molecule has 0 N–H and O–H groups in total. The van der Waals surface area contributed by atoms with Gasteiger partial charge >= 0.3 is 0 Å². The van der Waals surface area contributed by atoms with Crippen molar-refractivity contribution in [3.05, 3.63) is 29.3 Å². The van der Waals surface area contributed by atoms with Gasteiger partial charge in [-0.2, -0.15) is 0 Å². The molecule has 0 aromatic heterocycles. The lowest BCUT2D eigenvalue weighted by atomic mass is 9.72. The fourth-order valence-electron chi connectivity index (χ4n) is 3.72. The highest BCUT2D eigenvalue weighted by molar-refractivity contribution is 5.80. The molecular weight excluding hydrogens is 248 g/mol. The Kier molecular flexibility index (Phi) is 4.09. The van der Waals surface area contributed by atoms with Crippen molar-refractivity contribution in [3.8, 4) is 5.75 Å². The Balaban J connectivity index is 1.89. The number of carbonyl (C=O) groups is 1. The minimum atomic E-state index is 0.415. The zero-order valence-corrected chi connectivity index (χ0v) is 12.4. The van der Waals surface area contributed by atoms with Crippen molar-refractivity contribution >= 4 is 5.78 Å². The standard InChI is InChI=1S/C18H24O2/c1-2-3-4-6-13-7-5-8-17-18(13)16-11-15(19)10-9-14(16)12-20-17/h5,7-8,14,16H,2-4,6,9-12H2,1H3. The minimum Gasteiger partial charge on any atom is -0.493 e. The van der Waals surface area contributed by atoms with E-state index in [-0.39, 0.29) is 0 Å². The molecule has 2 aliphatic rings. The van der Waals surface area contributed by atoms with Crippen LogP contribution in [0.1, 0.15) is 62.5 Å². The van der Waals surface area contributed by atoms with Crippen LogP contribution in [-0.4, -0.2) is 12.4 Å². The highest BCUT2D eigenvalue weighted by Gasteiger charge is 2.36. The van der Waals surface area contributed by atoms with E-state index in [1.165, 1.54) is 30.4 Å². The molecule has 1 heterocycles. The molecule has 20 heavy (non-hydrogen) atoms. The minimum absolute atomic E-state index is 0.415. The molecule has 1 aromatic carbocycles. The van der Waals surface area contributed by atoms with Crippen molar-refractivity contribution in [1.29, 1.82) is 0 Å². The van der Waals surface area contributed by atoms with Crippen molar-refractivity contribution in [1.82, 2.24) is 0 Å². The van der Waals surface area contributed by atoms with Gasteiger partial charge in [-0.1, -0.05) is 31.9 Å². The highest BCUT2D eigenvalue weighted by Crippen LogP contribution is 2.45. The molecule has 1 aromatic rings. The first-order chi connectivity index (χ1) is 9.79. The number of Topliss-reactive ketones (excluding diaryl/α,β-unsaturated/α-hetero) is 1. The summed E-state index contributed by atoms with van der Waals surface area (Å²) in [5.41, 5.74) is 2.77. The summed E-state index contributed by atoms with van der Waals surface area (Å²) in [6, 6.07) is 6.42. The molecule has 0 amide bonds. The van der Waals surface area contributed by atoms with E-state index in [4.69, 9.17) is 4.74 Å². The first kappa shape index (κ1) is 13.7. The molecule has 2 nitrogen and oxygen atoms in total. The Bertz CT molecular complexity index is 492. The summed E-state index contributed by atoms with van der Waals surface area (Å²) in [6.45, 7) is 3.03. The maximum Gasteiger partial charge on any atom is 0.133 e. The Morgan fingerprint density at radius 3 is 3.05 bits per heavy atom. The Morgan fingerprint density at radius 2 is 2.20 bits per heavy atom. The van der Waals surface area contributed by atoms with Crippen molar-refractivity contribution in [2.45, 2.75) is 57.8 Å². The SMILES string of the molecule is CCCCCc1cccc2c1C1CC(=O)CCC1CO2. The van der Waals surface area contributed by atoms with Crippen molar-refractivity contribution in [2.24, 2.45) is 5.92 Å². The summed E-state index contributed by atoms with van der Waals surface area (Å²) in [5.74, 6) is 2.43. The summed E-state index contributed by atoms with van der Waals surface area (Å²) < 4.78 is 5.96. The van der Waals surface area contributed by atoms with Crippen LogP contribution in [0, 0.1) is 5.92 Å². The van der Waals surface area contributed by atoms with Crippen LogP contribution in [0.15, 0.2) is 18.2 Å². The quantitative estimate of drug-likeness (QED) is 0.765. The van der Waals surface area contributed by atoms with Crippen molar-refractivity contribution < 1.29 is 9.53 Å². The van der Waals surface area contributed by atoms with Crippen LogP contribution in [0.4, 0.5) is 0 Å². The molecule has 0 saturated heterocycles. The highest BCUT2D eigenvalue weighted by atomic mass is 16.5. The topological polar surface area (TPSA) is 26.3 Å². The monoisotopic (exact) mass is 272 g/mol. The number of rotatable bonds is 4. The summed E-state index contributed by atoms with van der Waals surface area (Å²) in [5, 5.41) is 0. The molecule has 1 aliphatic carbocycles. The first-order valence-corrected chi connectivity index (χ1v) is 8.06. The van der Waals surface area contributed by atoms with E-state index in [1.54, 1.807) is 0 Å². The maximum absolute atomic E-state index is 11.9. The van der Waals surface area contributed by atoms with Gasteiger partial charge in [0, 0.05) is 30.2 Å². The summed E-state index contributed by atoms with van der Waals surface area (Å²) in [6.07, 6.45) is 7.36. The Labute approximate surface area is 121 Å². The zero-order chi connectivity index (χ0) is 13.9. The number of fused-ring (bicyclic) bond motifs is 3. The van der Waals surface area contributed by atoms with Crippen LogP contribution >= 0.6 is 0 Å². The molecule has 1 saturated carbocycles. The smallest absolute Gasteiger partial charge is 0.133 e. The van der Waals surface area contributed by atoms with Gasteiger partial charge in [0.15, 0.2) is 0 Å². The average molecular weight is 272 g/mol. The number of benzene rings is 1. The molecule has 3 rings (SSSR count). The van der Waals surface area contributed by atoms with Gasteiger partial charge < -0.3 is 4.74 Å². The van der Waals surface area contributed by atoms with Gasteiger partial charge in [-0.3, -0.25) is 4.79 Å². The fourth-order valence-corrected chi connectivity index (χ4v) is 3.72. The van der Waals surface area contributed by atoms with Crippen molar-refractivity contribution in [2.75, 3.05) is 6.61 Å². The van der Waals surface area contributed by atoms with E-state index >= 15 is 0 Å². The lowest BCUT2D eigenvalue weighted by Gasteiger charge is -2.37. The zero-order valence-electron chi connectivity index (χ0n) is 12.4. The molecule has 0 bridgehead atoms. The molecule has 1 fully saturated rings. The Morgan fingerprint density at radius 1 is 1.30 bits per heavy atom. The fraction of sp³-hybridized carbons (Fsp3) is 0.611. The molecular formula is C18H24O2. The van der Waals surface area contributed by atoms with Crippen LogP contribution in [0.3, 0.4) is 0 Å². The third-order valence-corrected chi connectivity index (χ3v) is 4.84. The van der Waals surface area contributed by atoms with Crippen LogP contribution in [0.5, 0.6) is 5.75 Å². The summed E-state index contributed by atoms with van der Waals surface area (Å²) in [4.78, 5) is 11.9. The van der Waals surface area contributed by atoms with Crippen molar-refractivity contribution in [3.63, 3.8) is 0 Å². The second-order valence-electron chi connectivity index (χ2n) is 6.25. The number of hydrogen-bond donors (Lipinski definition) is 0. The van der Waals surface area contributed by atoms with Gasteiger partial charge in [-0.15, -0.1) is 0 Å². The molecule has 2 atom stereocenters. The second kappa shape index (κ2) is 5.99. The molecule has 2 unspecified atom stereocenters. The molecule has 0 spiro atoms. The number of carbonyl (C=O) groups excluding carboxylic acids is 1. The number of ether oxygens (including phenoxy) is 1. The third-order valence-electron chi connectivity index (χ3n) is 4.84. The van der Waals surface area contributed by atoms with Crippen LogP contribution in [0.25, 0.3) is 0 Å². The van der Waals surface area contributed by atoms with Crippen LogP contribution in [0.2, 0.25) is 0 Å². The largest absolute Gasteiger partial charge is 0.493 e. The number of hydrogen-bond acceptors (Lipinski definition) is 2. The predicted molar refractivity (Wildman–Crippen MR) is 80.3 cm³/mol. The lowest BCUT2D eigenvalue weighted by molar-refractivity contribution is -0.122. The van der Waals surface area contributed by atoms with Gasteiger partial charge in [-0.05, 0) is 30.9 Å². The van der Waals surface area contributed by atoms with Gasteiger partial charge in [0.1, 0.15) is 11.5 Å². The number of aryl methyl sites for hydroxylation is 1. The lowest BCUT2D eigenvalue weighted by Crippen LogP contribution is -2.32. The van der Waals surface area contributed by atoms with Gasteiger partial charge in [-0.25, -0.2) is 0 Å². The van der Waals surface area contributed by atoms with E-state index in [0.717, 1.165) is 38.0 Å². The van der Waals surface area contributed by atoms with E-state index in [0.29, 0.717) is 17.6 Å². The molecule has 108 valence electrons.